The number of rotatable bonds is 6. The van der Waals surface area contributed by atoms with Gasteiger partial charge in [-0.25, -0.2) is 0 Å². The number of pyridine rings is 1. The van der Waals surface area contributed by atoms with Crippen LogP contribution in [-0.2, 0) is 31.0 Å². The maximum absolute atomic E-state index is 5.96. The fourth-order valence-corrected chi connectivity index (χ4v) is 3.30. The molecule has 4 rings (SSSR count). The second-order valence-corrected chi connectivity index (χ2v) is 6.50. The number of ether oxygens (including phenoxy) is 1. The third-order valence-electron chi connectivity index (χ3n) is 4.44. The molecule has 4 heterocycles. The molecule has 130 valence electrons. The fourth-order valence-electron chi connectivity index (χ4n) is 3.30. The van der Waals surface area contributed by atoms with Crippen LogP contribution in [-0.4, -0.2) is 32.8 Å². The zero-order valence-electron chi connectivity index (χ0n) is 14.1. The van der Waals surface area contributed by atoms with Crippen LogP contribution >= 0.6 is 0 Å². The highest BCUT2D eigenvalue weighted by molar-refractivity contribution is 5.07. The van der Waals surface area contributed by atoms with E-state index >= 15 is 0 Å². The van der Waals surface area contributed by atoms with Crippen molar-refractivity contribution in [3.05, 3.63) is 72.2 Å². The molecule has 6 nitrogen and oxygen atoms in total. The topological polar surface area (TPSA) is 56.3 Å². The van der Waals surface area contributed by atoms with E-state index in [1.54, 1.807) is 12.5 Å². The lowest BCUT2D eigenvalue weighted by atomic mass is 10.1. The van der Waals surface area contributed by atoms with E-state index in [4.69, 9.17) is 9.15 Å². The Morgan fingerprint density at radius 2 is 2.16 bits per heavy atom. The van der Waals surface area contributed by atoms with E-state index in [0.29, 0.717) is 19.1 Å². The first-order chi connectivity index (χ1) is 12.4. The summed E-state index contributed by atoms with van der Waals surface area (Å²) in [6, 6.07) is 10.0. The SMILES string of the molecule is c1cncc(COC[C@@H]2CN(Cc3ccco3)Cc3ccnn3C2)c1. The van der Waals surface area contributed by atoms with E-state index in [1.165, 1.54) is 5.69 Å². The highest BCUT2D eigenvalue weighted by Crippen LogP contribution is 2.19. The number of fused-ring (bicyclic) bond motifs is 1. The molecule has 1 aliphatic heterocycles. The molecule has 25 heavy (non-hydrogen) atoms. The van der Waals surface area contributed by atoms with Crippen molar-refractivity contribution < 1.29 is 9.15 Å². The van der Waals surface area contributed by atoms with Crippen LogP contribution in [0.15, 0.2) is 59.6 Å². The lowest BCUT2D eigenvalue weighted by Gasteiger charge is -2.22. The summed E-state index contributed by atoms with van der Waals surface area (Å²) in [6.45, 7) is 4.80. The summed E-state index contributed by atoms with van der Waals surface area (Å²) in [5, 5.41) is 4.47. The molecule has 0 aromatic carbocycles. The molecule has 0 saturated carbocycles. The average molecular weight is 338 g/mol. The molecular formula is C19H22N4O2. The molecule has 0 spiro atoms. The van der Waals surface area contributed by atoms with Gasteiger partial charge in [0, 0.05) is 44.1 Å². The van der Waals surface area contributed by atoms with Gasteiger partial charge in [0.25, 0.3) is 0 Å². The van der Waals surface area contributed by atoms with Gasteiger partial charge in [0.05, 0.1) is 31.7 Å². The van der Waals surface area contributed by atoms with E-state index in [9.17, 15) is 0 Å². The summed E-state index contributed by atoms with van der Waals surface area (Å²) >= 11 is 0. The molecule has 0 bridgehead atoms. The Labute approximate surface area is 147 Å². The molecule has 6 heteroatoms. The van der Waals surface area contributed by atoms with Crippen molar-refractivity contribution >= 4 is 0 Å². The second-order valence-electron chi connectivity index (χ2n) is 6.50. The normalized spacial score (nSPS) is 18.0. The van der Waals surface area contributed by atoms with Crippen LogP contribution in [0, 0.1) is 5.92 Å². The fraction of sp³-hybridized carbons (Fsp3) is 0.368. The predicted molar refractivity (Wildman–Crippen MR) is 92.4 cm³/mol. The minimum Gasteiger partial charge on any atom is -0.468 e. The number of furan rings is 1. The molecule has 0 saturated heterocycles. The summed E-state index contributed by atoms with van der Waals surface area (Å²) in [6.07, 6.45) is 7.23. The maximum atomic E-state index is 5.96. The van der Waals surface area contributed by atoms with Crippen LogP contribution in [0.4, 0.5) is 0 Å². The predicted octanol–water partition coefficient (Wildman–Crippen LogP) is 2.72. The highest BCUT2D eigenvalue weighted by Gasteiger charge is 2.23. The minimum absolute atomic E-state index is 0.382. The third kappa shape index (κ3) is 4.15. The van der Waals surface area contributed by atoms with Crippen molar-refractivity contribution in [2.24, 2.45) is 5.92 Å². The van der Waals surface area contributed by atoms with Gasteiger partial charge in [-0.3, -0.25) is 14.6 Å². The first-order valence-electron chi connectivity index (χ1n) is 8.59. The monoisotopic (exact) mass is 338 g/mol. The van der Waals surface area contributed by atoms with Crippen molar-refractivity contribution in [2.45, 2.75) is 26.2 Å². The summed E-state index contributed by atoms with van der Waals surface area (Å²) in [4.78, 5) is 6.53. The van der Waals surface area contributed by atoms with Gasteiger partial charge in [-0.05, 0) is 29.8 Å². The molecule has 1 aliphatic rings. The van der Waals surface area contributed by atoms with Crippen molar-refractivity contribution in [3.63, 3.8) is 0 Å². The minimum atomic E-state index is 0.382. The van der Waals surface area contributed by atoms with E-state index in [2.05, 4.69) is 25.7 Å². The van der Waals surface area contributed by atoms with Crippen molar-refractivity contribution in [2.75, 3.05) is 13.2 Å². The number of hydrogen-bond donors (Lipinski definition) is 0. The van der Waals surface area contributed by atoms with E-state index in [1.807, 2.05) is 36.7 Å². The van der Waals surface area contributed by atoms with Crippen LogP contribution < -0.4 is 0 Å². The average Bonchev–Trinajstić information content (AvgIpc) is 3.25. The molecule has 3 aromatic rings. The Morgan fingerprint density at radius 1 is 1.16 bits per heavy atom. The third-order valence-corrected chi connectivity index (χ3v) is 4.44. The molecular weight excluding hydrogens is 316 g/mol. The van der Waals surface area contributed by atoms with Gasteiger partial charge >= 0.3 is 0 Å². The van der Waals surface area contributed by atoms with Crippen molar-refractivity contribution in [1.82, 2.24) is 19.7 Å². The summed E-state index contributed by atoms with van der Waals surface area (Å²) in [5.74, 6) is 1.37. The molecule has 3 aromatic heterocycles. The summed E-state index contributed by atoms with van der Waals surface area (Å²) in [7, 11) is 0. The zero-order chi connectivity index (χ0) is 16.9. The van der Waals surface area contributed by atoms with Gasteiger partial charge in [-0.15, -0.1) is 0 Å². The number of nitrogens with zero attached hydrogens (tertiary/aromatic N) is 4. The number of hydrogen-bond acceptors (Lipinski definition) is 5. The lowest BCUT2D eigenvalue weighted by molar-refractivity contribution is 0.0644. The van der Waals surface area contributed by atoms with Crippen molar-refractivity contribution in [1.29, 1.82) is 0 Å². The largest absolute Gasteiger partial charge is 0.468 e. The van der Waals surface area contributed by atoms with Gasteiger partial charge in [-0.2, -0.15) is 5.10 Å². The Kier molecular flexibility index (Phi) is 4.90. The molecule has 0 amide bonds. The molecule has 1 atom stereocenters. The van der Waals surface area contributed by atoms with Gasteiger partial charge < -0.3 is 9.15 Å². The molecule has 0 fully saturated rings. The molecule has 0 aliphatic carbocycles. The molecule has 0 radical (unpaired) electrons. The molecule has 0 unspecified atom stereocenters. The first kappa shape index (κ1) is 16.1. The Hall–Kier alpha value is -2.44. The van der Waals surface area contributed by atoms with Crippen LogP contribution in [0.1, 0.15) is 17.0 Å². The van der Waals surface area contributed by atoms with E-state index < -0.39 is 0 Å². The highest BCUT2D eigenvalue weighted by atomic mass is 16.5. The van der Waals surface area contributed by atoms with Crippen molar-refractivity contribution in [3.8, 4) is 0 Å². The quantitative estimate of drug-likeness (QED) is 0.692. The Balaban J connectivity index is 1.40. The first-order valence-corrected chi connectivity index (χ1v) is 8.59. The maximum Gasteiger partial charge on any atom is 0.117 e. The van der Waals surface area contributed by atoms with E-state index in [-0.39, 0.29) is 0 Å². The Bertz CT molecular complexity index is 770. The van der Waals surface area contributed by atoms with Gasteiger partial charge in [0.1, 0.15) is 5.76 Å². The van der Waals surface area contributed by atoms with Crippen LogP contribution in [0.25, 0.3) is 0 Å². The number of aromatic nitrogens is 3. The van der Waals surface area contributed by atoms with E-state index in [0.717, 1.165) is 37.5 Å². The van der Waals surface area contributed by atoms with Crippen LogP contribution in [0.2, 0.25) is 0 Å². The summed E-state index contributed by atoms with van der Waals surface area (Å²) in [5.41, 5.74) is 2.34. The summed E-state index contributed by atoms with van der Waals surface area (Å²) < 4.78 is 13.6. The molecule has 0 N–H and O–H groups in total. The van der Waals surface area contributed by atoms with Gasteiger partial charge in [0.15, 0.2) is 0 Å². The standard InChI is InChI=1S/C19H22N4O2/c1-3-16(9-20-6-1)14-24-15-17-10-22(13-19-4-2-8-25-19)12-18-5-7-21-23(18)11-17/h1-9,17H,10-15H2/t17-/m1/s1. The van der Waals surface area contributed by atoms with Gasteiger partial charge in [-0.1, -0.05) is 6.07 Å². The smallest absolute Gasteiger partial charge is 0.117 e. The second kappa shape index (κ2) is 7.63. The lowest BCUT2D eigenvalue weighted by Crippen LogP contribution is -2.30. The Morgan fingerprint density at radius 3 is 3.00 bits per heavy atom. The zero-order valence-corrected chi connectivity index (χ0v) is 14.1. The van der Waals surface area contributed by atoms with Crippen LogP contribution in [0.5, 0.6) is 0 Å². The van der Waals surface area contributed by atoms with Crippen LogP contribution in [0.3, 0.4) is 0 Å². The van der Waals surface area contributed by atoms with Gasteiger partial charge in [0.2, 0.25) is 0 Å².